The van der Waals surface area contributed by atoms with Gasteiger partial charge in [-0.2, -0.15) is 5.10 Å². The SMILES string of the molecule is CCn1nc(C)c(C(C)N2CCC(C(C)N)CC2)c1C. The number of hydrogen-bond acceptors (Lipinski definition) is 3. The van der Waals surface area contributed by atoms with Gasteiger partial charge in [0.2, 0.25) is 0 Å². The van der Waals surface area contributed by atoms with Crippen LogP contribution in [0.15, 0.2) is 0 Å². The lowest BCUT2D eigenvalue weighted by molar-refractivity contribution is 0.132. The molecule has 4 nitrogen and oxygen atoms in total. The molecule has 1 aliphatic rings. The summed E-state index contributed by atoms with van der Waals surface area (Å²) in [6.45, 7) is 14.2. The summed E-state index contributed by atoms with van der Waals surface area (Å²) >= 11 is 0. The number of nitrogens with zero attached hydrogens (tertiary/aromatic N) is 3. The summed E-state index contributed by atoms with van der Waals surface area (Å²) in [5, 5.41) is 4.66. The second-order valence-electron chi connectivity index (χ2n) is 6.31. The number of piperidine rings is 1. The third kappa shape index (κ3) is 2.91. The van der Waals surface area contributed by atoms with Crippen molar-refractivity contribution < 1.29 is 0 Å². The maximum Gasteiger partial charge on any atom is 0.0644 e. The summed E-state index contributed by atoms with van der Waals surface area (Å²) in [7, 11) is 0. The maximum atomic E-state index is 6.04. The van der Waals surface area contributed by atoms with Gasteiger partial charge in [-0.05, 0) is 66.5 Å². The third-order valence-electron chi connectivity index (χ3n) is 5.02. The molecule has 2 unspecified atom stereocenters. The van der Waals surface area contributed by atoms with Crippen LogP contribution in [0.3, 0.4) is 0 Å². The van der Waals surface area contributed by atoms with Gasteiger partial charge in [0.05, 0.1) is 5.69 Å². The van der Waals surface area contributed by atoms with Crippen molar-refractivity contribution in [2.24, 2.45) is 11.7 Å². The minimum Gasteiger partial charge on any atom is -0.328 e. The Balaban J connectivity index is 2.09. The molecule has 0 radical (unpaired) electrons. The van der Waals surface area contributed by atoms with Gasteiger partial charge in [0, 0.05) is 29.9 Å². The molecular formula is C16H30N4. The Bertz CT molecular complexity index is 442. The third-order valence-corrected chi connectivity index (χ3v) is 5.02. The van der Waals surface area contributed by atoms with E-state index in [1.54, 1.807) is 0 Å². The van der Waals surface area contributed by atoms with E-state index in [1.807, 2.05) is 0 Å². The monoisotopic (exact) mass is 278 g/mol. The number of hydrogen-bond donors (Lipinski definition) is 1. The molecule has 0 spiro atoms. The molecule has 2 N–H and O–H groups in total. The van der Waals surface area contributed by atoms with Crippen LogP contribution < -0.4 is 5.73 Å². The van der Waals surface area contributed by atoms with Gasteiger partial charge in [0.1, 0.15) is 0 Å². The molecule has 114 valence electrons. The highest BCUT2D eigenvalue weighted by molar-refractivity contribution is 5.28. The number of aryl methyl sites for hydroxylation is 2. The van der Waals surface area contributed by atoms with E-state index in [0.717, 1.165) is 19.6 Å². The zero-order valence-corrected chi connectivity index (χ0v) is 13.7. The quantitative estimate of drug-likeness (QED) is 0.921. The van der Waals surface area contributed by atoms with E-state index in [1.165, 1.54) is 29.8 Å². The summed E-state index contributed by atoms with van der Waals surface area (Å²) in [5.74, 6) is 0.694. The van der Waals surface area contributed by atoms with Gasteiger partial charge in [-0.15, -0.1) is 0 Å². The standard InChI is InChI=1S/C16H30N4/c1-6-20-14(5)16(12(3)18-20)13(4)19-9-7-15(8-10-19)11(2)17/h11,13,15H,6-10,17H2,1-5H3. The molecule has 4 heteroatoms. The van der Waals surface area contributed by atoms with Crippen molar-refractivity contribution in [2.45, 2.75) is 66.1 Å². The first-order chi connectivity index (χ1) is 9.45. The second-order valence-corrected chi connectivity index (χ2v) is 6.31. The summed E-state index contributed by atoms with van der Waals surface area (Å²) < 4.78 is 2.12. The number of aromatic nitrogens is 2. The molecule has 1 saturated heterocycles. The van der Waals surface area contributed by atoms with Crippen molar-refractivity contribution in [1.29, 1.82) is 0 Å². The Morgan fingerprint density at radius 1 is 1.25 bits per heavy atom. The average molecular weight is 278 g/mol. The van der Waals surface area contributed by atoms with Crippen LogP contribution in [0.5, 0.6) is 0 Å². The van der Waals surface area contributed by atoms with E-state index in [4.69, 9.17) is 5.73 Å². The predicted octanol–water partition coefficient (Wildman–Crippen LogP) is 2.64. The van der Waals surface area contributed by atoms with E-state index in [9.17, 15) is 0 Å². The summed E-state index contributed by atoms with van der Waals surface area (Å²) in [6, 6.07) is 0.795. The van der Waals surface area contributed by atoms with E-state index in [2.05, 4.69) is 49.3 Å². The zero-order chi connectivity index (χ0) is 14.9. The minimum absolute atomic E-state index is 0.332. The lowest BCUT2D eigenvalue weighted by atomic mass is 9.89. The molecule has 0 aromatic carbocycles. The second kappa shape index (κ2) is 6.27. The highest BCUT2D eigenvalue weighted by atomic mass is 15.3. The molecule has 1 fully saturated rings. The lowest BCUT2D eigenvalue weighted by Crippen LogP contribution is -2.40. The highest BCUT2D eigenvalue weighted by Gasteiger charge is 2.28. The minimum atomic E-state index is 0.332. The highest BCUT2D eigenvalue weighted by Crippen LogP contribution is 2.30. The van der Waals surface area contributed by atoms with Gasteiger partial charge < -0.3 is 5.73 Å². The molecule has 2 atom stereocenters. The van der Waals surface area contributed by atoms with Crippen LogP contribution in [0.1, 0.15) is 56.6 Å². The smallest absolute Gasteiger partial charge is 0.0644 e. The topological polar surface area (TPSA) is 47.1 Å². The van der Waals surface area contributed by atoms with Gasteiger partial charge in [-0.3, -0.25) is 9.58 Å². The number of rotatable bonds is 4. The molecule has 1 aromatic heterocycles. The normalized spacial score (nSPS) is 21.1. The predicted molar refractivity (Wildman–Crippen MR) is 83.7 cm³/mol. The maximum absolute atomic E-state index is 6.04. The van der Waals surface area contributed by atoms with E-state index >= 15 is 0 Å². The number of likely N-dealkylation sites (tertiary alicyclic amines) is 1. The van der Waals surface area contributed by atoms with Crippen LogP contribution >= 0.6 is 0 Å². The molecule has 0 bridgehead atoms. The van der Waals surface area contributed by atoms with Crippen LogP contribution in [0, 0.1) is 19.8 Å². The first-order valence-electron chi connectivity index (χ1n) is 7.99. The molecule has 1 aliphatic heterocycles. The van der Waals surface area contributed by atoms with Gasteiger partial charge in [0.15, 0.2) is 0 Å². The van der Waals surface area contributed by atoms with Gasteiger partial charge >= 0.3 is 0 Å². The fourth-order valence-electron chi connectivity index (χ4n) is 3.64. The number of nitrogens with two attached hydrogens (primary N) is 1. The Labute approximate surface area is 123 Å². The van der Waals surface area contributed by atoms with Crippen molar-refractivity contribution >= 4 is 0 Å². The first kappa shape index (κ1) is 15.5. The largest absolute Gasteiger partial charge is 0.328 e. The molecule has 0 saturated carbocycles. The molecule has 1 aromatic rings. The molecule has 20 heavy (non-hydrogen) atoms. The van der Waals surface area contributed by atoms with Gasteiger partial charge in [0.25, 0.3) is 0 Å². The zero-order valence-electron chi connectivity index (χ0n) is 13.7. The fraction of sp³-hybridized carbons (Fsp3) is 0.812. The Kier molecular flexibility index (Phi) is 4.86. The summed E-state index contributed by atoms with van der Waals surface area (Å²) in [4.78, 5) is 2.59. The first-order valence-corrected chi connectivity index (χ1v) is 7.99. The molecule has 0 amide bonds. The van der Waals surface area contributed by atoms with Gasteiger partial charge in [-0.25, -0.2) is 0 Å². The van der Waals surface area contributed by atoms with E-state index in [-0.39, 0.29) is 0 Å². The van der Waals surface area contributed by atoms with Crippen molar-refractivity contribution in [1.82, 2.24) is 14.7 Å². The molecule has 0 aliphatic carbocycles. The molecule has 2 rings (SSSR count). The summed E-state index contributed by atoms with van der Waals surface area (Å²) in [6.07, 6.45) is 2.45. The van der Waals surface area contributed by atoms with Crippen LogP contribution in [0.2, 0.25) is 0 Å². The van der Waals surface area contributed by atoms with Crippen LogP contribution in [0.25, 0.3) is 0 Å². The van der Waals surface area contributed by atoms with E-state index < -0.39 is 0 Å². The van der Waals surface area contributed by atoms with Crippen LogP contribution in [-0.2, 0) is 6.54 Å². The van der Waals surface area contributed by atoms with Crippen molar-refractivity contribution in [3.8, 4) is 0 Å². The average Bonchev–Trinajstić information content (AvgIpc) is 2.72. The Hall–Kier alpha value is -0.870. The van der Waals surface area contributed by atoms with Crippen molar-refractivity contribution in [3.05, 3.63) is 17.0 Å². The Morgan fingerprint density at radius 3 is 2.30 bits per heavy atom. The Morgan fingerprint density at radius 2 is 1.85 bits per heavy atom. The van der Waals surface area contributed by atoms with Crippen LogP contribution in [0.4, 0.5) is 0 Å². The van der Waals surface area contributed by atoms with E-state index in [0.29, 0.717) is 18.0 Å². The summed E-state index contributed by atoms with van der Waals surface area (Å²) in [5.41, 5.74) is 9.97. The molecular weight excluding hydrogens is 248 g/mol. The van der Waals surface area contributed by atoms with Crippen molar-refractivity contribution in [3.63, 3.8) is 0 Å². The fourth-order valence-corrected chi connectivity index (χ4v) is 3.64. The van der Waals surface area contributed by atoms with Gasteiger partial charge in [-0.1, -0.05) is 0 Å². The lowest BCUT2D eigenvalue weighted by Gasteiger charge is -2.37. The van der Waals surface area contributed by atoms with Crippen LogP contribution in [-0.4, -0.2) is 33.8 Å². The molecule has 2 heterocycles. The van der Waals surface area contributed by atoms with Crippen molar-refractivity contribution in [2.75, 3.05) is 13.1 Å².